The van der Waals surface area contributed by atoms with Gasteiger partial charge in [-0.1, -0.05) is 6.92 Å². The van der Waals surface area contributed by atoms with Crippen LogP contribution in [0.15, 0.2) is 16.3 Å². The van der Waals surface area contributed by atoms with Crippen LogP contribution in [0.3, 0.4) is 0 Å². The van der Waals surface area contributed by atoms with Crippen LogP contribution in [0.25, 0.3) is 0 Å². The zero-order valence-corrected chi connectivity index (χ0v) is 13.5. The Morgan fingerprint density at radius 2 is 2.21 bits per heavy atom. The summed E-state index contributed by atoms with van der Waals surface area (Å²) >= 11 is 3.35. The number of thioether (sulfide) groups is 1. The molecule has 1 N–H and O–H groups in total. The van der Waals surface area contributed by atoms with E-state index < -0.39 is 10.0 Å². The molecule has 0 unspecified atom stereocenters. The molecule has 108 valence electrons. The van der Waals surface area contributed by atoms with Gasteiger partial charge in [-0.2, -0.15) is 16.1 Å². The molecule has 1 aromatic heterocycles. The number of nitrogens with one attached hydrogen (secondary N) is 1. The first-order valence-electron chi connectivity index (χ1n) is 6.50. The van der Waals surface area contributed by atoms with Crippen LogP contribution in [0, 0.1) is 0 Å². The lowest BCUT2D eigenvalue weighted by atomic mass is 10.4. The van der Waals surface area contributed by atoms with E-state index in [0.29, 0.717) is 18.0 Å². The Labute approximate surface area is 123 Å². The molecule has 0 aliphatic carbocycles. The van der Waals surface area contributed by atoms with Gasteiger partial charge in [0.2, 0.25) is 10.0 Å². The van der Waals surface area contributed by atoms with Crippen molar-refractivity contribution >= 4 is 33.1 Å². The smallest absolute Gasteiger partial charge is 0.243 e. The second kappa shape index (κ2) is 7.08. The topological polar surface area (TPSA) is 49.4 Å². The van der Waals surface area contributed by atoms with Crippen LogP contribution in [0.4, 0.5) is 0 Å². The third-order valence-corrected chi connectivity index (χ3v) is 7.01. The van der Waals surface area contributed by atoms with E-state index in [0.717, 1.165) is 35.9 Å². The monoisotopic (exact) mass is 320 g/mol. The zero-order valence-electron chi connectivity index (χ0n) is 11.1. The molecule has 0 amide bonds. The van der Waals surface area contributed by atoms with Crippen LogP contribution < -0.4 is 5.32 Å². The van der Waals surface area contributed by atoms with Crippen molar-refractivity contribution in [1.29, 1.82) is 0 Å². The van der Waals surface area contributed by atoms with E-state index in [1.165, 1.54) is 11.3 Å². The van der Waals surface area contributed by atoms with Crippen LogP contribution in [0.1, 0.15) is 18.2 Å². The van der Waals surface area contributed by atoms with Crippen molar-refractivity contribution in [3.8, 4) is 0 Å². The van der Waals surface area contributed by atoms with Gasteiger partial charge in [-0.25, -0.2) is 8.42 Å². The second-order valence-electron chi connectivity index (χ2n) is 4.40. The number of hydrogen-bond donors (Lipinski definition) is 1. The fourth-order valence-electron chi connectivity index (χ4n) is 1.95. The van der Waals surface area contributed by atoms with Gasteiger partial charge in [0.1, 0.15) is 0 Å². The first-order valence-corrected chi connectivity index (χ1v) is 9.98. The molecule has 0 radical (unpaired) electrons. The summed E-state index contributed by atoms with van der Waals surface area (Å²) in [6, 6.07) is 1.81. The predicted octanol–water partition coefficient (Wildman–Crippen LogP) is 1.99. The third-order valence-electron chi connectivity index (χ3n) is 3.00. The molecule has 1 aliphatic heterocycles. The molecule has 7 heteroatoms. The summed E-state index contributed by atoms with van der Waals surface area (Å²) in [4.78, 5) is 1.53. The van der Waals surface area contributed by atoms with Crippen LogP contribution in [-0.2, 0) is 16.6 Å². The molecule has 1 aromatic rings. The van der Waals surface area contributed by atoms with Crippen LogP contribution in [-0.4, -0.2) is 43.9 Å². The van der Waals surface area contributed by atoms with Crippen molar-refractivity contribution in [3.63, 3.8) is 0 Å². The minimum Gasteiger partial charge on any atom is -0.312 e. The van der Waals surface area contributed by atoms with E-state index in [-0.39, 0.29) is 0 Å². The van der Waals surface area contributed by atoms with Crippen LogP contribution in [0.5, 0.6) is 0 Å². The maximum absolute atomic E-state index is 12.5. The molecule has 1 saturated heterocycles. The van der Waals surface area contributed by atoms with Gasteiger partial charge in [0.05, 0.1) is 4.90 Å². The standard InChI is InChI=1S/C12H20N2O2S3/c1-2-13-9-11-8-12(10-18-11)19(15,16)14-4-3-6-17-7-5-14/h8,10,13H,2-7,9H2,1H3. The third kappa shape index (κ3) is 3.95. The molecule has 19 heavy (non-hydrogen) atoms. The second-order valence-corrected chi connectivity index (χ2v) is 8.56. The Hall–Kier alpha value is -0.0800. The summed E-state index contributed by atoms with van der Waals surface area (Å²) < 4.78 is 26.7. The van der Waals surface area contributed by atoms with Gasteiger partial charge >= 0.3 is 0 Å². The molecule has 2 rings (SSSR count). The highest BCUT2D eigenvalue weighted by atomic mass is 32.2. The van der Waals surface area contributed by atoms with Crippen molar-refractivity contribution in [2.24, 2.45) is 0 Å². The van der Waals surface area contributed by atoms with Crippen molar-refractivity contribution in [1.82, 2.24) is 9.62 Å². The molecule has 4 nitrogen and oxygen atoms in total. The maximum Gasteiger partial charge on any atom is 0.243 e. The quantitative estimate of drug-likeness (QED) is 0.901. The lowest BCUT2D eigenvalue weighted by molar-refractivity contribution is 0.435. The van der Waals surface area contributed by atoms with E-state index in [1.807, 2.05) is 18.7 Å². The molecule has 0 bridgehead atoms. The number of sulfonamides is 1. The van der Waals surface area contributed by atoms with E-state index in [2.05, 4.69) is 5.32 Å². The van der Waals surface area contributed by atoms with E-state index in [1.54, 1.807) is 15.8 Å². The highest BCUT2D eigenvalue weighted by Crippen LogP contribution is 2.24. The fraction of sp³-hybridized carbons (Fsp3) is 0.667. The van der Waals surface area contributed by atoms with Gasteiger partial charge in [-0.3, -0.25) is 0 Å². The molecule has 2 heterocycles. The average Bonchev–Trinajstić information content (AvgIpc) is 2.70. The van der Waals surface area contributed by atoms with Gasteiger partial charge in [-0.15, -0.1) is 11.3 Å². The highest BCUT2D eigenvalue weighted by molar-refractivity contribution is 7.99. The minimum absolute atomic E-state index is 0.456. The Morgan fingerprint density at radius 1 is 1.37 bits per heavy atom. The van der Waals surface area contributed by atoms with E-state index in [9.17, 15) is 8.42 Å². The zero-order chi connectivity index (χ0) is 13.7. The molecule has 0 aromatic carbocycles. The largest absolute Gasteiger partial charge is 0.312 e. The molecule has 0 atom stereocenters. The van der Waals surface area contributed by atoms with Crippen LogP contribution >= 0.6 is 23.1 Å². The summed E-state index contributed by atoms with van der Waals surface area (Å²) in [5, 5.41) is 4.98. The number of rotatable bonds is 5. The predicted molar refractivity (Wildman–Crippen MR) is 82.4 cm³/mol. The van der Waals surface area contributed by atoms with Gasteiger partial charge < -0.3 is 5.32 Å². The van der Waals surface area contributed by atoms with Crippen molar-refractivity contribution in [2.45, 2.75) is 24.8 Å². The summed E-state index contributed by atoms with van der Waals surface area (Å²) in [6.07, 6.45) is 0.943. The van der Waals surface area contributed by atoms with Crippen LogP contribution in [0.2, 0.25) is 0 Å². The molecule has 0 spiro atoms. The highest BCUT2D eigenvalue weighted by Gasteiger charge is 2.26. The first kappa shape index (κ1) is 15.3. The van der Waals surface area contributed by atoms with Gasteiger partial charge in [0.15, 0.2) is 0 Å². The number of hydrogen-bond acceptors (Lipinski definition) is 5. The van der Waals surface area contributed by atoms with Gasteiger partial charge in [-0.05, 0) is 24.8 Å². The minimum atomic E-state index is -3.29. The first-order chi connectivity index (χ1) is 9.14. The van der Waals surface area contributed by atoms with Crippen molar-refractivity contribution in [3.05, 3.63) is 16.3 Å². The summed E-state index contributed by atoms with van der Waals surface area (Å²) in [7, 11) is -3.29. The van der Waals surface area contributed by atoms with Gasteiger partial charge in [0.25, 0.3) is 0 Å². The fourth-order valence-corrected chi connectivity index (χ4v) is 5.66. The normalized spacial score (nSPS) is 18.4. The average molecular weight is 321 g/mol. The van der Waals surface area contributed by atoms with E-state index in [4.69, 9.17) is 0 Å². The van der Waals surface area contributed by atoms with Crippen molar-refractivity contribution in [2.75, 3.05) is 31.1 Å². The van der Waals surface area contributed by atoms with E-state index >= 15 is 0 Å². The molecule has 0 saturated carbocycles. The Balaban J connectivity index is 2.11. The van der Waals surface area contributed by atoms with Crippen molar-refractivity contribution < 1.29 is 8.42 Å². The summed E-state index contributed by atoms with van der Waals surface area (Å²) in [5.41, 5.74) is 0. The molecule has 1 fully saturated rings. The lowest BCUT2D eigenvalue weighted by Gasteiger charge is -2.18. The maximum atomic E-state index is 12.5. The molecular weight excluding hydrogens is 300 g/mol. The Kier molecular flexibility index (Phi) is 5.70. The molecular formula is C12H20N2O2S3. The number of thiophene rings is 1. The lowest BCUT2D eigenvalue weighted by Crippen LogP contribution is -2.32. The summed E-state index contributed by atoms with van der Waals surface area (Å²) in [6.45, 7) is 4.95. The number of nitrogens with zero attached hydrogens (tertiary/aromatic N) is 1. The van der Waals surface area contributed by atoms with Gasteiger partial charge in [0, 0.05) is 35.6 Å². The Morgan fingerprint density at radius 3 is 3.00 bits per heavy atom. The SMILES string of the molecule is CCNCc1cc(S(=O)(=O)N2CCCSCC2)cs1. The summed E-state index contributed by atoms with van der Waals surface area (Å²) in [5.74, 6) is 1.95. The Bertz CT molecular complexity index is 491. The molecule has 1 aliphatic rings.